The number of carbonyl (C=O) groups excluding carboxylic acids is 5. The molecule has 0 amide bonds. The topological polar surface area (TPSA) is 320 Å². The second-order valence-corrected chi connectivity index (χ2v) is 29.8. The number of rotatable bonds is 12. The summed E-state index contributed by atoms with van der Waals surface area (Å²) in [5.74, 6) is 0. The number of aliphatic hydroxyl groups excluding tert-OH is 6. The molecule has 4 heterocycles. The minimum atomic E-state index is -1.72. The Labute approximate surface area is 333 Å². The summed E-state index contributed by atoms with van der Waals surface area (Å²) in [7, 11) is -1.17. The summed E-state index contributed by atoms with van der Waals surface area (Å²) in [6, 6.07) is 0. The Morgan fingerprint density at radius 3 is 1.30 bits per heavy atom. The van der Waals surface area contributed by atoms with E-state index >= 15 is 0 Å². The van der Waals surface area contributed by atoms with Gasteiger partial charge in [0.05, 0.1) is 40.6 Å². The van der Waals surface area contributed by atoms with Crippen LogP contribution in [0.4, 0.5) is 24.0 Å². The number of cyclic esters (lactones) is 8. The Kier molecular flexibility index (Phi) is 23.8. The highest BCUT2D eigenvalue weighted by Gasteiger charge is 2.48. The molecule has 7 N–H and O–H groups in total. The number of hydrogen-bond acceptors (Lipinski definition) is 23. The van der Waals surface area contributed by atoms with Gasteiger partial charge in [0.2, 0.25) is 0 Å². The fraction of sp³-hybridized carbons (Fsp3) is 0.839. The molecule has 8 atom stereocenters. The molecule has 4 aliphatic rings. The molecule has 4 fully saturated rings. The van der Waals surface area contributed by atoms with E-state index in [4.69, 9.17) is 58.7 Å². The summed E-state index contributed by atoms with van der Waals surface area (Å²) < 4.78 is 55.6. The molecule has 57 heavy (non-hydrogen) atoms. The molecular weight excluding hydrogens is 823 g/mol. The molecule has 8 unspecified atom stereocenters. The normalized spacial score (nSPS) is 25.3. The predicted octanol–water partition coefficient (Wildman–Crippen LogP) is 0.394. The van der Waals surface area contributed by atoms with Crippen molar-refractivity contribution in [3.8, 4) is 0 Å². The van der Waals surface area contributed by atoms with E-state index in [-0.39, 0.29) is 26.4 Å². The molecule has 0 aromatic rings. The Morgan fingerprint density at radius 1 is 0.649 bits per heavy atom. The molecule has 334 valence electrons. The number of hydrogen-bond donors (Lipinski definition) is 7. The standard InChI is InChI=1S/C10H16O7Si.C7H8O7.C6H19NSi2.C5H12O5.C3H6O3/c1-18(2,3)14-5-7-8(17-10(12)16-7)6-4-13-9(11)15-6;8-1-3-5(14-7(10)12-3)4-2-11-6(9)13-4;1-8(2,3)7-9(4,5)6;6-1-3(8)5(10)4(9)2-7;1-5-3(4)6-2/h6-8H,4-5H2,1-3H3;3-5,8H,1-2H2;7H,1-6H3;3-10H,1-2H2;1-2H3. The molecule has 4 aliphatic heterocycles. The van der Waals surface area contributed by atoms with Crippen molar-refractivity contribution >= 4 is 55.6 Å². The largest absolute Gasteiger partial charge is 0.509 e. The van der Waals surface area contributed by atoms with E-state index in [2.05, 4.69) is 67.6 Å². The first kappa shape index (κ1) is 53.7. The molecule has 0 bridgehead atoms. The van der Waals surface area contributed by atoms with E-state index in [1.165, 1.54) is 14.2 Å². The van der Waals surface area contributed by atoms with Crippen LogP contribution in [0.1, 0.15) is 0 Å². The van der Waals surface area contributed by atoms with Gasteiger partial charge < -0.3 is 87.1 Å². The SMILES string of the molecule is COC(=O)OC.C[Si](C)(C)N[Si](C)(C)C.C[Si](C)(C)OCC1OC(=O)OC1C1COC(=O)O1.O=C1OCC(C2OC(=O)OC2CO)O1.OCC(O)C(O)C(O)CO. The first-order chi connectivity index (χ1) is 26.2. The van der Waals surface area contributed by atoms with Crippen LogP contribution in [0.15, 0.2) is 0 Å². The van der Waals surface area contributed by atoms with Gasteiger partial charge in [0.1, 0.15) is 48.0 Å². The van der Waals surface area contributed by atoms with Gasteiger partial charge in [0, 0.05) is 0 Å². The Bertz CT molecular complexity index is 1220. The van der Waals surface area contributed by atoms with E-state index in [0.29, 0.717) is 0 Å². The molecule has 0 spiro atoms. The zero-order chi connectivity index (χ0) is 44.3. The second kappa shape index (κ2) is 25.2. The van der Waals surface area contributed by atoms with Crippen LogP contribution in [0, 0.1) is 0 Å². The lowest BCUT2D eigenvalue weighted by atomic mass is 10.1. The van der Waals surface area contributed by atoms with Gasteiger partial charge in [-0.25, -0.2) is 24.0 Å². The lowest BCUT2D eigenvalue weighted by molar-refractivity contribution is -0.0900. The summed E-state index contributed by atoms with van der Waals surface area (Å²) in [6.07, 6.45) is -12.3. The Morgan fingerprint density at radius 2 is 1.04 bits per heavy atom. The highest BCUT2D eigenvalue weighted by Crippen LogP contribution is 2.25. The molecule has 0 aromatic heterocycles. The van der Waals surface area contributed by atoms with Crippen molar-refractivity contribution in [1.82, 2.24) is 4.65 Å². The van der Waals surface area contributed by atoms with Gasteiger partial charge in [-0.3, -0.25) is 0 Å². The number of methoxy groups -OCH3 is 2. The minimum absolute atomic E-state index is 0.00333. The summed E-state index contributed by atoms with van der Waals surface area (Å²) >= 11 is 0. The fourth-order valence-electron chi connectivity index (χ4n) is 4.73. The molecule has 26 heteroatoms. The van der Waals surface area contributed by atoms with Crippen molar-refractivity contribution in [3.05, 3.63) is 0 Å². The predicted molar refractivity (Wildman–Crippen MR) is 201 cm³/mol. The van der Waals surface area contributed by atoms with Crippen LogP contribution in [-0.4, -0.2) is 195 Å². The van der Waals surface area contributed by atoms with E-state index in [1.807, 2.05) is 19.6 Å². The zero-order valence-electron chi connectivity index (χ0n) is 34.2. The number of nitrogens with one attached hydrogen (secondary N) is 1. The monoisotopic (exact) mass is 883 g/mol. The highest BCUT2D eigenvalue weighted by atomic mass is 28.4. The summed E-state index contributed by atoms with van der Waals surface area (Å²) in [5.41, 5.74) is 0. The van der Waals surface area contributed by atoms with Crippen LogP contribution in [-0.2, 0) is 51.8 Å². The second-order valence-electron chi connectivity index (χ2n) is 15.3. The van der Waals surface area contributed by atoms with E-state index in [0.717, 1.165) is 0 Å². The van der Waals surface area contributed by atoms with Crippen LogP contribution < -0.4 is 4.65 Å². The van der Waals surface area contributed by atoms with Crippen molar-refractivity contribution in [2.75, 3.05) is 53.9 Å². The van der Waals surface area contributed by atoms with E-state index in [1.54, 1.807) is 0 Å². The molecular formula is C31H61NO22Si3. The van der Waals surface area contributed by atoms with Gasteiger partial charge in [-0.15, -0.1) is 0 Å². The van der Waals surface area contributed by atoms with Crippen molar-refractivity contribution < 1.29 is 106 Å². The van der Waals surface area contributed by atoms with Crippen LogP contribution in [0.3, 0.4) is 0 Å². The van der Waals surface area contributed by atoms with Gasteiger partial charge in [-0.05, 0) is 19.6 Å². The van der Waals surface area contributed by atoms with Crippen molar-refractivity contribution in [1.29, 1.82) is 0 Å². The third kappa shape index (κ3) is 23.0. The first-order valence-electron chi connectivity index (χ1n) is 17.5. The Balaban J connectivity index is 0.000000724. The van der Waals surface area contributed by atoms with Crippen molar-refractivity contribution in [2.24, 2.45) is 0 Å². The van der Waals surface area contributed by atoms with Gasteiger partial charge >= 0.3 is 30.8 Å². The van der Waals surface area contributed by atoms with Gasteiger partial charge in [-0.1, -0.05) is 39.3 Å². The van der Waals surface area contributed by atoms with Crippen LogP contribution in [0.5, 0.6) is 0 Å². The molecule has 0 saturated carbocycles. The maximum absolute atomic E-state index is 11.2. The molecule has 23 nitrogen and oxygen atoms in total. The molecule has 4 rings (SSSR count). The highest BCUT2D eigenvalue weighted by molar-refractivity contribution is 6.90. The first-order valence-corrected chi connectivity index (χ1v) is 27.9. The fourth-order valence-corrected chi connectivity index (χ4v) is 14.4. The van der Waals surface area contributed by atoms with Gasteiger partial charge in [0.25, 0.3) is 0 Å². The average molecular weight is 884 g/mol. The Hall–Kier alpha value is -3.32. The van der Waals surface area contributed by atoms with Crippen molar-refractivity contribution in [3.63, 3.8) is 0 Å². The van der Waals surface area contributed by atoms with Crippen LogP contribution >= 0.6 is 0 Å². The van der Waals surface area contributed by atoms with Crippen LogP contribution in [0.25, 0.3) is 0 Å². The zero-order valence-corrected chi connectivity index (χ0v) is 37.2. The third-order valence-corrected chi connectivity index (χ3v) is 13.8. The third-order valence-electron chi connectivity index (χ3n) is 6.76. The van der Waals surface area contributed by atoms with E-state index < -0.39 is 124 Å². The number of aliphatic hydroxyl groups is 6. The maximum atomic E-state index is 11.2. The lowest BCUT2D eigenvalue weighted by Crippen LogP contribution is -2.55. The quantitative estimate of drug-likeness (QED) is 0.0792. The smallest absolute Gasteiger partial charge is 0.438 e. The van der Waals surface area contributed by atoms with E-state index in [9.17, 15) is 24.0 Å². The number of ether oxygens (including phenoxy) is 10. The molecule has 0 aromatic carbocycles. The average Bonchev–Trinajstić information content (AvgIpc) is 3.91. The minimum Gasteiger partial charge on any atom is -0.438 e. The van der Waals surface area contributed by atoms with Gasteiger partial charge in [0.15, 0.2) is 44.9 Å². The molecule has 0 aliphatic carbocycles. The maximum Gasteiger partial charge on any atom is 0.509 e. The van der Waals surface area contributed by atoms with Gasteiger partial charge in [-0.2, -0.15) is 0 Å². The number of carbonyl (C=O) groups is 5. The lowest BCUT2D eigenvalue weighted by Gasteiger charge is -2.28. The molecule has 0 radical (unpaired) electrons. The summed E-state index contributed by atoms with van der Waals surface area (Å²) in [5, 5.41) is 51.4. The van der Waals surface area contributed by atoms with Crippen molar-refractivity contribution in [2.45, 2.75) is 114 Å². The summed E-state index contributed by atoms with van der Waals surface area (Å²) in [4.78, 5) is 53.1. The van der Waals surface area contributed by atoms with Crippen LogP contribution in [0.2, 0.25) is 58.9 Å². The molecule has 4 saturated heterocycles. The summed E-state index contributed by atoms with van der Waals surface area (Å²) in [6.45, 7) is 18.8.